The first-order valence-corrected chi connectivity index (χ1v) is 4.31. The van der Waals surface area contributed by atoms with E-state index in [1.807, 2.05) is 12.1 Å². The lowest BCUT2D eigenvalue weighted by Crippen LogP contribution is -1.92. The molecule has 0 aliphatic rings. The molecule has 0 bridgehead atoms. The van der Waals surface area contributed by atoms with Crippen molar-refractivity contribution in [3.8, 4) is 0 Å². The third-order valence-electron chi connectivity index (χ3n) is 1.43. The van der Waals surface area contributed by atoms with Gasteiger partial charge in [-0.05, 0) is 18.6 Å². The summed E-state index contributed by atoms with van der Waals surface area (Å²) in [6, 6.07) is 5.47. The molecule has 65 valence electrons. The number of hydrogen-bond acceptors (Lipinski definition) is 1. The maximum Gasteiger partial charge on any atom is 0.0731 e. The van der Waals surface area contributed by atoms with Crippen molar-refractivity contribution in [3.05, 3.63) is 40.7 Å². The van der Waals surface area contributed by atoms with E-state index in [4.69, 9.17) is 27.9 Å². The number of hydrogen-bond donors (Lipinski definition) is 0. The molecule has 1 rings (SSSR count). The molecule has 0 atom stereocenters. The molecule has 0 aliphatic carbocycles. The van der Waals surface area contributed by atoms with Crippen LogP contribution < -0.4 is 0 Å². The molecule has 0 aliphatic heterocycles. The maximum atomic E-state index is 5.90. The molecule has 0 heterocycles. The van der Waals surface area contributed by atoms with E-state index in [1.54, 1.807) is 6.07 Å². The SMILES string of the molecule is [CH2]COCc1cccc(Cl)c1Cl. The predicted molar refractivity (Wildman–Crippen MR) is 51.5 cm³/mol. The lowest BCUT2D eigenvalue weighted by molar-refractivity contribution is 0.147. The van der Waals surface area contributed by atoms with Gasteiger partial charge in [0.05, 0.1) is 16.7 Å². The van der Waals surface area contributed by atoms with Crippen molar-refractivity contribution < 1.29 is 4.74 Å². The molecule has 1 radical (unpaired) electrons. The Labute approximate surface area is 82.2 Å². The van der Waals surface area contributed by atoms with Crippen LogP contribution in [0.2, 0.25) is 10.0 Å². The second-order valence-corrected chi connectivity index (χ2v) is 3.05. The van der Waals surface area contributed by atoms with E-state index in [-0.39, 0.29) is 0 Å². The fraction of sp³-hybridized carbons (Fsp3) is 0.222. The number of ether oxygens (including phenoxy) is 1. The van der Waals surface area contributed by atoms with Crippen LogP contribution >= 0.6 is 23.2 Å². The van der Waals surface area contributed by atoms with Gasteiger partial charge in [-0.25, -0.2) is 0 Å². The highest BCUT2D eigenvalue weighted by Crippen LogP contribution is 2.25. The molecule has 0 unspecified atom stereocenters. The van der Waals surface area contributed by atoms with E-state index in [0.29, 0.717) is 23.3 Å². The van der Waals surface area contributed by atoms with Gasteiger partial charge in [0.25, 0.3) is 0 Å². The van der Waals surface area contributed by atoms with Crippen molar-refractivity contribution in [2.24, 2.45) is 0 Å². The van der Waals surface area contributed by atoms with Gasteiger partial charge in [-0.15, -0.1) is 0 Å². The maximum absolute atomic E-state index is 5.90. The zero-order chi connectivity index (χ0) is 8.97. The topological polar surface area (TPSA) is 9.23 Å². The van der Waals surface area contributed by atoms with Crippen LogP contribution in [0.4, 0.5) is 0 Å². The smallest absolute Gasteiger partial charge is 0.0731 e. The lowest BCUT2D eigenvalue weighted by atomic mass is 10.2. The predicted octanol–water partition coefficient (Wildman–Crippen LogP) is 3.34. The summed E-state index contributed by atoms with van der Waals surface area (Å²) in [5, 5.41) is 1.12. The van der Waals surface area contributed by atoms with Crippen LogP contribution in [0, 0.1) is 6.92 Å². The summed E-state index contributed by atoms with van der Waals surface area (Å²) in [6.45, 7) is 4.45. The van der Waals surface area contributed by atoms with Crippen LogP contribution in [-0.4, -0.2) is 6.61 Å². The average Bonchev–Trinajstić information content (AvgIpc) is 2.08. The molecule has 0 aromatic heterocycles. The normalized spacial score (nSPS) is 10.2. The van der Waals surface area contributed by atoms with Crippen molar-refractivity contribution in [1.29, 1.82) is 0 Å². The van der Waals surface area contributed by atoms with E-state index < -0.39 is 0 Å². The third-order valence-corrected chi connectivity index (χ3v) is 2.29. The Morgan fingerprint density at radius 1 is 1.33 bits per heavy atom. The lowest BCUT2D eigenvalue weighted by Gasteiger charge is -2.04. The van der Waals surface area contributed by atoms with Crippen molar-refractivity contribution in [3.63, 3.8) is 0 Å². The highest BCUT2D eigenvalue weighted by molar-refractivity contribution is 6.42. The Morgan fingerprint density at radius 3 is 2.75 bits per heavy atom. The molecule has 12 heavy (non-hydrogen) atoms. The summed E-state index contributed by atoms with van der Waals surface area (Å²) in [4.78, 5) is 0. The van der Waals surface area contributed by atoms with Gasteiger partial charge >= 0.3 is 0 Å². The molecule has 0 saturated heterocycles. The van der Waals surface area contributed by atoms with Crippen molar-refractivity contribution in [2.45, 2.75) is 6.61 Å². The quantitative estimate of drug-likeness (QED) is 0.733. The van der Waals surface area contributed by atoms with Gasteiger partial charge < -0.3 is 4.74 Å². The molecule has 3 heteroatoms. The van der Waals surface area contributed by atoms with Crippen molar-refractivity contribution in [2.75, 3.05) is 6.61 Å². The Bertz CT molecular complexity index is 261. The zero-order valence-corrected chi connectivity index (χ0v) is 8.03. The monoisotopic (exact) mass is 203 g/mol. The van der Waals surface area contributed by atoms with Crippen LogP contribution in [0.25, 0.3) is 0 Å². The van der Waals surface area contributed by atoms with Crippen molar-refractivity contribution >= 4 is 23.2 Å². The first-order chi connectivity index (χ1) is 5.75. The summed E-state index contributed by atoms with van der Waals surface area (Å²) in [7, 11) is 0. The van der Waals surface area contributed by atoms with Gasteiger partial charge in [0.2, 0.25) is 0 Å². The zero-order valence-electron chi connectivity index (χ0n) is 6.52. The van der Waals surface area contributed by atoms with E-state index >= 15 is 0 Å². The van der Waals surface area contributed by atoms with Crippen LogP contribution in [0.1, 0.15) is 5.56 Å². The molecule has 1 aromatic rings. The Morgan fingerprint density at radius 2 is 2.08 bits per heavy atom. The molecule has 1 aromatic carbocycles. The van der Waals surface area contributed by atoms with Gasteiger partial charge in [0, 0.05) is 6.61 Å². The van der Waals surface area contributed by atoms with Crippen LogP contribution in [0.15, 0.2) is 18.2 Å². The van der Waals surface area contributed by atoms with E-state index in [9.17, 15) is 0 Å². The van der Waals surface area contributed by atoms with E-state index in [1.165, 1.54) is 0 Å². The molecule has 0 fully saturated rings. The van der Waals surface area contributed by atoms with Gasteiger partial charge in [-0.3, -0.25) is 0 Å². The fourth-order valence-electron chi connectivity index (χ4n) is 0.842. The second-order valence-electron chi connectivity index (χ2n) is 2.27. The minimum atomic E-state index is 0.433. The largest absolute Gasteiger partial charge is 0.377 e. The van der Waals surface area contributed by atoms with Gasteiger partial charge in [-0.2, -0.15) is 0 Å². The highest BCUT2D eigenvalue weighted by atomic mass is 35.5. The Hall–Kier alpha value is -0.240. The number of rotatable bonds is 3. The number of benzene rings is 1. The third kappa shape index (κ3) is 2.37. The van der Waals surface area contributed by atoms with Gasteiger partial charge in [0.1, 0.15) is 0 Å². The molecule has 0 saturated carbocycles. The molecule has 0 spiro atoms. The Kier molecular flexibility index (Phi) is 3.86. The molecule has 0 amide bonds. The average molecular weight is 204 g/mol. The van der Waals surface area contributed by atoms with Crippen molar-refractivity contribution in [1.82, 2.24) is 0 Å². The standard InChI is InChI=1S/C9H9Cl2O/c1-2-12-6-7-4-3-5-8(10)9(7)11/h3-5H,1-2,6H2. The molecule has 1 nitrogen and oxygen atoms in total. The number of halogens is 2. The first-order valence-electron chi connectivity index (χ1n) is 3.55. The van der Waals surface area contributed by atoms with Crippen LogP contribution in [-0.2, 0) is 11.3 Å². The minimum Gasteiger partial charge on any atom is -0.377 e. The summed E-state index contributed by atoms with van der Waals surface area (Å²) in [5.41, 5.74) is 0.896. The minimum absolute atomic E-state index is 0.433. The fourth-order valence-corrected chi connectivity index (χ4v) is 1.22. The van der Waals surface area contributed by atoms with Gasteiger partial charge in [0.15, 0.2) is 0 Å². The van der Waals surface area contributed by atoms with E-state index in [0.717, 1.165) is 5.56 Å². The summed E-state index contributed by atoms with van der Waals surface area (Å²) in [6.07, 6.45) is 0. The van der Waals surface area contributed by atoms with Crippen LogP contribution in [0.3, 0.4) is 0 Å². The Balaban J connectivity index is 2.78. The molecular formula is C9H9Cl2O. The first kappa shape index (κ1) is 9.85. The highest BCUT2D eigenvalue weighted by Gasteiger charge is 2.02. The molecular weight excluding hydrogens is 195 g/mol. The van der Waals surface area contributed by atoms with Crippen LogP contribution in [0.5, 0.6) is 0 Å². The second kappa shape index (κ2) is 4.70. The van der Waals surface area contributed by atoms with Gasteiger partial charge in [-0.1, -0.05) is 35.3 Å². The summed E-state index contributed by atoms with van der Waals surface area (Å²) >= 11 is 11.7. The summed E-state index contributed by atoms with van der Waals surface area (Å²) in [5.74, 6) is 0. The van der Waals surface area contributed by atoms with E-state index in [2.05, 4.69) is 6.92 Å². The summed E-state index contributed by atoms with van der Waals surface area (Å²) < 4.78 is 5.10. The molecule has 0 N–H and O–H groups in total.